The summed E-state index contributed by atoms with van der Waals surface area (Å²) >= 11 is 0. The third-order valence-electron chi connectivity index (χ3n) is 3.45. The van der Waals surface area contributed by atoms with Crippen LogP contribution in [0.3, 0.4) is 0 Å². The largest absolute Gasteiger partial charge is 0.496 e. The van der Waals surface area contributed by atoms with Gasteiger partial charge in [0.25, 0.3) is 5.91 Å². The van der Waals surface area contributed by atoms with E-state index in [1.807, 2.05) is 43.3 Å². The van der Waals surface area contributed by atoms with E-state index in [1.54, 1.807) is 13.2 Å². The van der Waals surface area contributed by atoms with E-state index in [2.05, 4.69) is 19.2 Å². The molecule has 2 aromatic carbocycles. The van der Waals surface area contributed by atoms with Crippen molar-refractivity contribution >= 4 is 11.6 Å². The van der Waals surface area contributed by atoms with Crippen LogP contribution >= 0.6 is 0 Å². The van der Waals surface area contributed by atoms with E-state index in [4.69, 9.17) is 4.74 Å². The summed E-state index contributed by atoms with van der Waals surface area (Å²) in [5.41, 5.74) is 3.65. The van der Waals surface area contributed by atoms with Crippen molar-refractivity contribution in [1.82, 2.24) is 0 Å². The lowest BCUT2D eigenvalue weighted by Gasteiger charge is -2.13. The van der Waals surface area contributed by atoms with Crippen LogP contribution in [0.5, 0.6) is 5.75 Å². The molecule has 22 heavy (non-hydrogen) atoms. The first-order valence-corrected chi connectivity index (χ1v) is 7.54. The summed E-state index contributed by atoms with van der Waals surface area (Å²) in [6.45, 7) is 6.31. The molecule has 0 bridgehead atoms. The van der Waals surface area contributed by atoms with Crippen molar-refractivity contribution in [2.45, 2.75) is 27.2 Å². The van der Waals surface area contributed by atoms with E-state index < -0.39 is 0 Å². The SMILES string of the molecule is COc1ccc(C(=O)Nc2cccc(C)c2)cc1CC(C)C. The third-order valence-corrected chi connectivity index (χ3v) is 3.45. The predicted octanol–water partition coefficient (Wildman–Crippen LogP) is 4.45. The van der Waals surface area contributed by atoms with E-state index in [-0.39, 0.29) is 5.91 Å². The number of anilines is 1. The van der Waals surface area contributed by atoms with Gasteiger partial charge in [-0.05, 0) is 60.7 Å². The van der Waals surface area contributed by atoms with Crippen LogP contribution < -0.4 is 10.1 Å². The Bertz CT molecular complexity index is 662. The molecule has 2 aromatic rings. The summed E-state index contributed by atoms with van der Waals surface area (Å²) in [4.78, 5) is 12.4. The standard InChI is InChI=1S/C19H23NO2/c1-13(2)10-16-12-15(8-9-18(16)22-4)19(21)20-17-7-5-6-14(3)11-17/h5-9,11-13H,10H2,1-4H3,(H,20,21). The first kappa shape index (κ1) is 16.1. The molecule has 3 heteroatoms. The maximum Gasteiger partial charge on any atom is 0.255 e. The number of hydrogen-bond acceptors (Lipinski definition) is 2. The molecule has 2 rings (SSSR count). The molecule has 0 aliphatic rings. The van der Waals surface area contributed by atoms with Gasteiger partial charge in [-0.1, -0.05) is 26.0 Å². The number of rotatable bonds is 5. The van der Waals surface area contributed by atoms with Gasteiger partial charge >= 0.3 is 0 Å². The third kappa shape index (κ3) is 4.10. The highest BCUT2D eigenvalue weighted by Gasteiger charge is 2.11. The lowest BCUT2D eigenvalue weighted by molar-refractivity contribution is 0.102. The quantitative estimate of drug-likeness (QED) is 0.885. The molecule has 0 heterocycles. The fraction of sp³-hybridized carbons (Fsp3) is 0.316. The summed E-state index contributed by atoms with van der Waals surface area (Å²) in [7, 11) is 1.66. The van der Waals surface area contributed by atoms with Crippen molar-refractivity contribution < 1.29 is 9.53 Å². The molecule has 0 fully saturated rings. The Labute approximate surface area is 132 Å². The summed E-state index contributed by atoms with van der Waals surface area (Å²) < 4.78 is 5.38. The maximum absolute atomic E-state index is 12.4. The fourth-order valence-electron chi connectivity index (χ4n) is 2.45. The van der Waals surface area contributed by atoms with E-state index in [9.17, 15) is 4.79 Å². The Hall–Kier alpha value is -2.29. The highest BCUT2D eigenvalue weighted by Crippen LogP contribution is 2.23. The Kier molecular flexibility index (Phi) is 5.21. The van der Waals surface area contributed by atoms with Gasteiger partial charge in [0.15, 0.2) is 0 Å². The Morgan fingerprint density at radius 1 is 1.18 bits per heavy atom. The van der Waals surface area contributed by atoms with Crippen LogP contribution in [0.2, 0.25) is 0 Å². The molecule has 0 saturated heterocycles. The van der Waals surface area contributed by atoms with Crippen molar-refractivity contribution in [3.8, 4) is 5.75 Å². The second kappa shape index (κ2) is 7.12. The summed E-state index contributed by atoms with van der Waals surface area (Å²) in [5.74, 6) is 1.24. The van der Waals surface area contributed by atoms with Crippen LogP contribution in [0.4, 0.5) is 5.69 Å². The van der Waals surface area contributed by atoms with Crippen molar-refractivity contribution in [3.63, 3.8) is 0 Å². The Morgan fingerprint density at radius 2 is 1.95 bits per heavy atom. The number of nitrogens with one attached hydrogen (secondary N) is 1. The van der Waals surface area contributed by atoms with Gasteiger partial charge in [0.1, 0.15) is 5.75 Å². The van der Waals surface area contributed by atoms with Crippen molar-refractivity contribution in [2.75, 3.05) is 12.4 Å². The average molecular weight is 297 g/mol. The van der Waals surface area contributed by atoms with Gasteiger partial charge in [0.2, 0.25) is 0 Å². The molecule has 0 unspecified atom stereocenters. The topological polar surface area (TPSA) is 38.3 Å². The maximum atomic E-state index is 12.4. The number of methoxy groups -OCH3 is 1. The Morgan fingerprint density at radius 3 is 2.59 bits per heavy atom. The number of amides is 1. The second-order valence-corrected chi connectivity index (χ2v) is 5.95. The minimum atomic E-state index is -0.0988. The van der Waals surface area contributed by atoms with Crippen molar-refractivity contribution in [2.24, 2.45) is 5.92 Å². The molecule has 3 nitrogen and oxygen atoms in total. The van der Waals surface area contributed by atoms with Crippen LogP contribution in [-0.2, 0) is 6.42 Å². The molecule has 116 valence electrons. The highest BCUT2D eigenvalue weighted by molar-refractivity contribution is 6.04. The van der Waals surface area contributed by atoms with Crippen LogP contribution in [-0.4, -0.2) is 13.0 Å². The van der Waals surface area contributed by atoms with Gasteiger partial charge in [0.05, 0.1) is 7.11 Å². The summed E-state index contributed by atoms with van der Waals surface area (Å²) in [6, 6.07) is 13.4. The van der Waals surface area contributed by atoms with Gasteiger partial charge in [-0.2, -0.15) is 0 Å². The lowest BCUT2D eigenvalue weighted by atomic mass is 9.99. The Balaban J connectivity index is 2.22. The van der Waals surface area contributed by atoms with Gasteiger partial charge in [-0.3, -0.25) is 4.79 Å². The van der Waals surface area contributed by atoms with Gasteiger partial charge < -0.3 is 10.1 Å². The summed E-state index contributed by atoms with van der Waals surface area (Å²) in [5, 5.41) is 2.94. The number of ether oxygens (including phenoxy) is 1. The number of carbonyl (C=O) groups excluding carboxylic acids is 1. The monoisotopic (exact) mass is 297 g/mol. The average Bonchev–Trinajstić information content (AvgIpc) is 2.46. The molecule has 1 N–H and O–H groups in total. The first-order valence-electron chi connectivity index (χ1n) is 7.54. The van der Waals surface area contributed by atoms with Crippen molar-refractivity contribution in [1.29, 1.82) is 0 Å². The highest BCUT2D eigenvalue weighted by atomic mass is 16.5. The molecule has 0 aliphatic carbocycles. The van der Waals surface area contributed by atoms with Crippen LogP contribution in [0, 0.1) is 12.8 Å². The van der Waals surface area contributed by atoms with Crippen LogP contribution in [0.15, 0.2) is 42.5 Å². The number of aryl methyl sites for hydroxylation is 1. The molecule has 0 saturated carbocycles. The molecule has 0 aromatic heterocycles. The van der Waals surface area contributed by atoms with Gasteiger partial charge in [-0.15, -0.1) is 0 Å². The minimum absolute atomic E-state index is 0.0988. The van der Waals surface area contributed by atoms with Gasteiger partial charge in [-0.25, -0.2) is 0 Å². The molecular formula is C19H23NO2. The molecule has 0 radical (unpaired) electrons. The molecule has 0 atom stereocenters. The fourth-order valence-corrected chi connectivity index (χ4v) is 2.45. The zero-order valence-corrected chi connectivity index (χ0v) is 13.6. The zero-order chi connectivity index (χ0) is 16.1. The predicted molar refractivity (Wildman–Crippen MR) is 90.7 cm³/mol. The number of hydrogen-bond donors (Lipinski definition) is 1. The summed E-state index contributed by atoms with van der Waals surface area (Å²) in [6.07, 6.45) is 0.884. The van der Waals surface area contributed by atoms with Gasteiger partial charge in [0, 0.05) is 11.3 Å². The van der Waals surface area contributed by atoms with E-state index >= 15 is 0 Å². The lowest BCUT2D eigenvalue weighted by Crippen LogP contribution is -2.12. The van der Waals surface area contributed by atoms with Crippen LogP contribution in [0.1, 0.15) is 35.3 Å². The smallest absolute Gasteiger partial charge is 0.255 e. The van der Waals surface area contributed by atoms with E-state index in [0.717, 1.165) is 29.0 Å². The molecule has 1 amide bonds. The second-order valence-electron chi connectivity index (χ2n) is 5.95. The molecule has 0 aliphatic heterocycles. The zero-order valence-electron chi connectivity index (χ0n) is 13.6. The first-order chi connectivity index (χ1) is 10.5. The number of benzene rings is 2. The van der Waals surface area contributed by atoms with Crippen molar-refractivity contribution in [3.05, 3.63) is 59.2 Å². The minimum Gasteiger partial charge on any atom is -0.496 e. The molecule has 0 spiro atoms. The van der Waals surface area contributed by atoms with Crippen LogP contribution in [0.25, 0.3) is 0 Å². The molecular weight excluding hydrogens is 274 g/mol. The number of carbonyl (C=O) groups is 1. The normalized spacial score (nSPS) is 10.6. The van der Waals surface area contributed by atoms with E-state index in [1.165, 1.54) is 0 Å². The van der Waals surface area contributed by atoms with E-state index in [0.29, 0.717) is 11.5 Å².